The summed E-state index contributed by atoms with van der Waals surface area (Å²) < 4.78 is 0. The monoisotopic (exact) mass is 376 g/mol. The van der Waals surface area contributed by atoms with Gasteiger partial charge >= 0.3 is 11.9 Å². The van der Waals surface area contributed by atoms with Crippen molar-refractivity contribution in [2.45, 2.75) is 13.8 Å². The fourth-order valence-corrected chi connectivity index (χ4v) is 2.24. The fourth-order valence-electron chi connectivity index (χ4n) is 2.24. The average molecular weight is 376 g/mol. The molecular formula is C22H20N2O4. The Morgan fingerprint density at radius 3 is 1.86 bits per heavy atom. The lowest BCUT2D eigenvalue weighted by Crippen LogP contribution is -2.01. The van der Waals surface area contributed by atoms with Crippen molar-refractivity contribution in [2.75, 3.05) is 0 Å². The first kappa shape index (κ1) is 20.5. The number of carboxylic acids is 2. The molecule has 142 valence electrons. The number of hydrogen-bond acceptors (Lipinski definition) is 4. The van der Waals surface area contributed by atoms with Crippen LogP contribution >= 0.6 is 0 Å². The van der Waals surface area contributed by atoms with E-state index in [1.54, 1.807) is 0 Å². The van der Waals surface area contributed by atoms with Gasteiger partial charge in [-0.1, -0.05) is 36.4 Å². The Morgan fingerprint density at radius 1 is 0.714 bits per heavy atom. The van der Waals surface area contributed by atoms with Crippen LogP contribution in [0.5, 0.6) is 0 Å². The van der Waals surface area contributed by atoms with Crippen LogP contribution in [-0.2, 0) is 0 Å². The van der Waals surface area contributed by atoms with Crippen LogP contribution in [0.3, 0.4) is 0 Å². The van der Waals surface area contributed by atoms with E-state index in [4.69, 9.17) is 10.2 Å². The van der Waals surface area contributed by atoms with Crippen molar-refractivity contribution in [1.29, 1.82) is 0 Å². The quantitative estimate of drug-likeness (QED) is 0.562. The minimum absolute atomic E-state index is 0.0186. The summed E-state index contributed by atoms with van der Waals surface area (Å²) in [6, 6.07) is 21.0. The molecule has 0 radical (unpaired) electrons. The molecule has 2 N–H and O–H groups in total. The van der Waals surface area contributed by atoms with Crippen molar-refractivity contribution in [3.05, 3.63) is 95.1 Å². The van der Waals surface area contributed by atoms with Crippen molar-refractivity contribution < 1.29 is 19.8 Å². The van der Waals surface area contributed by atoms with E-state index in [0.29, 0.717) is 0 Å². The first-order valence-corrected chi connectivity index (χ1v) is 8.48. The van der Waals surface area contributed by atoms with E-state index < -0.39 is 11.9 Å². The van der Waals surface area contributed by atoms with E-state index >= 15 is 0 Å². The van der Waals surface area contributed by atoms with Crippen LogP contribution in [0.25, 0.3) is 0 Å². The lowest BCUT2D eigenvalue weighted by molar-refractivity contribution is 0.0696. The molecule has 0 fully saturated rings. The zero-order valence-electron chi connectivity index (χ0n) is 15.5. The first-order chi connectivity index (χ1) is 13.4. The summed E-state index contributed by atoms with van der Waals surface area (Å²) in [6.45, 7) is 4.14. The van der Waals surface area contributed by atoms with Gasteiger partial charge < -0.3 is 10.2 Å². The Kier molecular flexibility index (Phi) is 7.16. The molecule has 0 heterocycles. The minimum atomic E-state index is -1.13. The second kappa shape index (κ2) is 9.78. The number of hydrogen-bond donors (Lipinski definition) is 2. The number of aryl methyl sites for hydroxylation is 1. The predicted molar refractivity (Wildman–Crippen MR) is 107 cm³/mol. The van der Waals surface area contributed by atoms with Crippen LogP contribution in [0.4, 0.5) is 11.4 Å². The molecule has 0 bridgehead atoms. The molecule has 0 amide bonds. The van der Waals surface area contributed by atoms with Crippen molar-refractivity contribution in [3.63, 3.8) is 0 Å². The molecule has 3 aromatic carbocycles. The first-order valence-electron chi connectivity index (χ1n) is 8.48. The van der Waals surface area contributed by atoms with E-state index in [9.17, 15) is 9.59 Å². The third-order valence-corrected chi connectivity index (χ3v) is 3.96. The minimum Gasteiger partial charge on any atom is -0.478 e. The van der Waals surface area contributed by atoms with Gasteiger partial charge in [0.15, 0.2) is 0 Å². The largest absolute Gasteiger partial charge is 0.478 e. The van der Waals surface area contributed by atoms with Gasteiger partial charge in [0.05, 0.1) is 22.5 Å². The van der Waals surface area contributed by atoms with Crippen molar-refractivity contribution in [1.82, 2.24) is 0 Å². The van der Waals surface area contributed by atoms with Gasteiger partial charge in [-0.05, 0) is 61.4 Å². The predicted octanol–water partition coefficient (Wildman–Crippen LogP) is 5.80. The lowest BCUT2D eigenvalue weighted by atomic mass is 10.1. The van der Waals surface area contributed by atoms with Crippen molar-refractivity contribution in [3.8, 4) is 0 Å². The normalized spacial score (nSPS) is 10.2. The summed E-state index contributed by atoms with van der Waals surface area (Å²) in [7, 11) is 0. The number of azo groups is 1. The Morgan fingerprint density at radius 2 is 1.29 bits per heavy atom. The topological polar surface area (TPSA) is 99.3 Å². The summed E-state index contributed by atoms with van der Waals surface area (Å²) in [4.78, 5) is 20.8. The molecular weight excluding hydrogens is 356 g/mol. The SMILES string of the molecule is Cc1cccc(N=Nc2ccccc2)c1C.O=C(O)c1cccc(C(=O)O)c1. The van der Waals surface area contributed by atoms with Crippen LogP contribution in [0, 0.1) is 13.8 Å². The molecule has 0 unspecified atom stereocenters. The highest BCUT2D eigenvalue weighted by atomic mass is 16.4. The second-order valence-corrected chi connectivity index (χ2v) is 5.95. The molecule has 3 rings (SSSR count). The summed E-state index contributed by atoms with van der Waals surface area (Å²) in [5, 5.41) is 25.5. The summed E-state index contributed by atoms with van der Waals surface area (Å²) in [5.41, 5.74) is 4.20. The van der Waals surface area contributed by atoms with Crippen LogP contribution in [0.1, 0.15) is 31.8 Å². The van der Waals surface area contributed by atoms with Gasteiger partial charge in [0.25, 0.3) is 0 Å². The Labute approximate surface area is 162 Å². The van der Waals surface area contributed by atoms with E-state index in [2.05, 4.69) is 30.1 Å². The van der Waals surface area contributed by atoms with Crippen LogP contribution in [0.2, 0.25) is 0 Å². The highest BCUT2D eigenvalue weighted by molar-refractivity contribution is 5.93. The zero-order valence-corrected chi connectivity index (χ0v) is 15.5. The highest BCUT2D eigenvalue weighted by Crippen LogP contribution is 2.23. The van der Waals surface area contributed by atoms with Gasteiger partial charge in [-0.3, -0.25) is 0 Å². The van der Waals surface area contributed by atoms with Crippen LogP contribution in [0.15, 0.2) is 83.0 Å². The molecule has 0 spiro atoms. The molecule has 0 aliphatic rings. The third kappa shape index (κ3) is 5.88. The van der Waals surface area contributed by atoms with Crippen molar-refractivity contribution >= 4 is 23.3 Å². The molecule has 0 saturated heterocycles. The highest BCUT2D eigenvalue weighted by Gasteiger charge is 2.06. The fraction of sp³-hybridized carbons (Fsp3) is 0.0909. The summed E-state index contributed by atoms with van der Waals surface area (Å²) in [5.74, 6) is -2.25. The Hall–Kier alpha value is -3.80. The molecule has 3 aromatic rings. The van der Waals surface area contributed by atoms with Crippen molar-refractivity contribution in [2.24, 2.45) is 10.2 Å². The van der Waals surface area contributed by atoms with Gasteiger partial charge in [0.1, 0.15) is 0 Å². The van der Waals surface area contributed by atoms with Gasteiger partial charge in [-0.15, -0.1) is 0 Å². The number of carbonyl (C=O) groups is 2. The molecule has 0 aliphatic heterocycles. The van der Waals surface area contributed by atoms with Crippen LogP contribution < -0.4 is 0 Å². The number of nitrogens with zero attached hydrogens (tertiary/aromatic N) is 2. The maximum absolute atomic E-state index is 10.4. The molecule has 0 saturated carbocycles. The smallest absolute Gasteiger partial charge is 0.335 e. The summed E-state index contributed by atoms with van der Waals surface area (Å²) in [6.07, 6.45) is 0. The van der Waals surface area contributed by atoms with Gasteiger partial charge in [0.2, 0.25) is 0 Å². The Balaban J connectivity index is 0.000000209. The molecule has 0 aromatic heterocycles. The molecule has 6 heteroatoms. The summed E-state index contributed by atoms with van der Waals surface area (Å²) >= 11 is 0. The molecule has 6 nitrogen and oxygen atoms in total. The van der Waals surface area contributed by atoms with Gasteiger partial charge in [-0.25, -0.2) is 9.59 Å². The van der Waals surface area contributed by atoms with E-state index in [0.717, 1.165) is 17.4 Å². The number of benzene rings is 3. The zero-order chi connectivity index (χ0) is 20.5. The molecule has 0 atom stereocenters. The second-order valence-electron chi connectivity index (χ2n) is 5.95. The molecule has 0 aliphatic carbocycles. The third-order valence-electron chi connectivity index (χ3n) is 3.96. The number of aromatic carboxylic acids is 2. The number of rotatable bonds is 4. The maximum atomic E-state index is 10.4. The van der Waals surface area contributed by atoms with E-state index in [1.807, 2.05) is 42.5 Å². The average Bonchev–Trinajstić information content (AvgIpc) is 2.70. The lowest BCUT2D eigenvalue weighted by Gasteiger charge is -2.01. The van der Waals surface area contributed by atoms with E-state index in [1.165, 1.54) is 29.3 Å². The number of carboxylic acid groups (broad SMARTS) is 2. The standard InChI is InChI=1S/C14H14N2.C8H6O4/c1-11-7-6-10-14(12(11)2)16-15-13-8-4-3-5-9-13;9-7(10)5-2-1-3-6(4-5)8(11)12/h3-10H,1-2H3;1-4H,(H,9,10)(H,11,12). The van der Waals surface area contributed by atoms with E-state index in [-0.39, 0.29) is 11.1 Å². The molecule has 28 heavy (non-hydrogen) atoms. The maximum Gasteiger partial charge on any atom is 0.335 e. The van der Waals surface area contributed by atoms with Gasteiger partial charge in [0, 0.05) is 0 Å². The van der Waals surface area contributed by atoms with Gasteiger partial charge in [-0.2, -0.15) is 10.2 Å². The Bertz CT molecular complexity index is 969. The van der Waals surface area contributed by atoms with Crippen LogP contribution in [-0.4, -0.2) is 22.2 Å².